The van der Waals surface area contributed by atoms with Gasteiger partial charge in [0, 0.05) is 30.6 Å². The zero-order valence-electron chi connectivity index (χ0n) is 15.5. The van der Waals surface area contributed by atoms with E-state index in [0.29, 0.717) is 13.0 Å². The van der Waals surface area contributed by atoms with E-state index in [2.05, 4.69) is 33.5 Å². The van der Waals surface area contributed by atoms with Crippen LogP contribution in [0.25, 0.3) is 20.7 Å². The first-order valence-corrected chi connectivity index (χ1v) is 9.88. The third kappa shape index (κ3) is 4.02. The van der Waals surface area contributed by atoms with E-state index < -0.39 is 0 Å². The molecular formula is C22H20N4OS. The average molecular weight is 388 g/mol. The second kappa shape index (κ2) is 8.19. The Labute approximate surface area is 167 Å². The van der Waals surface area contributed by atoms with Crippen molar-refractivity contribution < 1.29 is 4.79 Å². The number of hydrogen-bond donors (Lipinski definition) is 1. The van der Waals surface area contributed by atoms with Crippen LogP contribution in [-0.2, 0) is 4.79 Å². The predicted octanol–water partition coefficient (Wildman–Crippen LogP) is 4.82. The van der Waals surface area contributed by atoms with Gasteiger partial charge in [-0.2, -0.15) is 0 Å². The molecule has 0 saturated heterocycles. The summed E-state index contributed by atoms with van der Waals surface area (Å²) in [6.07, 6.45) is 1.97. The number of thiophene rings is 1. The lowest BCUT2D eigenvalue weighted by molar-refractivity contribution is -0.116. The molecule has 4 aromatic rings. The van der Waals surface area contributed by atoms with E-state index in [1.165, 1.54) is 5.56 Å². The Hall–Kier alpha value is -3.25. The van der Waals surface area contributed by atoms with Crippen molar-refractivity contribution in [2.75, 3.05) is 23.8 Å². The van der Waals surface area contributed by atoms with Crippen LogP contribution in [0.1, 0.15) is 6.42 Å². The number of benzene rings is 2. The van der Waals surface area contributed by atoms with Gasteiger partial charge < -0.3 is 10.2 Å². The van der Waals surface area contributed by atoms with Gasteiger partial charge in [0.25, 0.3) is 0 Å². The summed E-state index contributed by atoms with van der Waals surface area (Å²) in [4.78, 5) is 25.2. The summed E-state index contributed by atoms with van der Waals surface area (Å²) >= 11 is 1.65. The molecule has 140 valence electrons. The fourth-order valence-electron chi connectivity index (χ4n) is 3.01. The molecule has 0 aliphatic carbocycles. The smallest absolute Gasteiger partial charge is 0.226 e. The van der Waals surface area contributed by atoms with E-state index in [4.69, 9.17) is 0 Å². The molecule has 0 aliphatic heterocycles. The third-order valence-electron chi connectivity index (χ3n) is 4.46. The summed E-state index contributed by atoms with van der Waals surface area (Å²) < 4.78 is 0. The number of hydrogen-bond acceptors (Lipinski definition) is 5. The maximum absolute atomic E-state index is 12.2. The van der Waals surface area contributed by atoms with Crippen LogP contribution in [0, 0.1) is 0 Å². The minimum absolute atomic E-state index is 0.0151. The van der Waals surface area contributed by atoms with Gasteiger partial charge in [0.15, 0.2) is 0 Å². The summed E-state index contributed by atoms with van der Waals surface area (Å²) in [6.45, 7) is 0.571. The number of carbonyl (C=O) groups is 1. The molecule has 0 unspecified atom stereocenters. The van der Waals surface area contributed by atoms with Crippen molar-refractivity contribution in [2.45, 2.75) is 6.42 Å². The van der Waals surface area contributed by atoms with Gasteiger partial charge in [0.1, 0.15) is 17.0 Å². The number of aromatic nitrogens is 2. The maximum atomic E-state index is 12.2. The molecule has 0 bridgehead atoms. The van der Waals surface area contributed by atoms with E-state index in [9.17, 15) is 4.79 Å². The summed E-state index contributed by atoms with van der Waals surface area (Å²) in [5.41, 5.74) is 1.98. The van der Waals surface area contributed by atoms with E-state index in [0.717, 1.165) is 26.6 Å². The van der Waals surface area contributed by atoms with Gasteiger partial charge in [0.05, 0.1) is 5.39 Å². The molecular weight excluding hydrogens is 368 g/mol. The van der Waals surface area contributed by atoms with Crippen LogP contribution in [0.5, 0.6) is 0 Å². The molecule has 5 nitrogen and oxygen atoms in total. The molecule has 28 heavy (non-hydrogen) atoms. The quantitative estimate of drug-likeness (QED) is 0.514. The van der Waals surface area contributed by atoms with Crippen LogP contribution in [0.2, 0.25) is 0 Å². The van der Waals surface area contributed by atoms with Gasteiger partial charge in [-0.25, -0.2) is 9.97 Å². The van der Waals surface area contributed by atoms with Crippen molar-refractivity contribution in [3.8, 4) is 10.4 Å². The molecule has 1 N–H and O–H groups in total. The van der Waals surface area contributed by atoms with Gasteiger partial charge in [0.2, 0.25) is 5.91 Å². The molecule has 0 aliphatic rings. The second-order valence-corrected chi connectivity index (χ2v) is 7.51. The summed E-state index contributed by atoms with van der Waals surface area (Å²) in [5, 5.41) is 3.93. The fraction of sp³-hybridized carbons (Fsp3) is 0.136. The van der Waals surface area contributed by atoms with Crippen LogP contribution in [0.15, 0.2) is 73.1 Å². The van der Waals surface area contributed by atoms with Crippen LogP contribution < -0.4 is 10.2 Å². The van der Waals surface area contributed by atoms with Crippen LogP contribution in [-0.4, -0.2) is 29.5 Å². The molecule has 6 heteroatoms. The van der Waals surface area contributed by atoms with Crippen molar-refractivity contribution in [1.29, 1.82) is 0 Å². The Bertz CT molecular complexity index is 1080. The van der Waals surface area contributed by atoms with Gasteiger partial charge >= 0.3 is 0 Å². The molecule has 2 heterocycles. The highest BCUT2D eigenvalue weighted by molar-refractivity contribution is 7.21. The Morgan fingerprint density at radius 3 is 2.50 bits per heavy atom. The number of carbonyl (C=O) groups excluding carboxylic acids is 1. The third-order valence-corrected chi connectivity index (χ3v) is 5.55. The summed E-state index contributed by atoms with van der Waals surface area (Å²) in [6, 6.07) is 21.9. The Morgan fingerprint density at radius 2 is 1.75 bits per heavy atom. The van der Waals surface area contributed by atoms with Gasteiger partial charge in [-0.1, -0.05) is 48.5 Å². The van der Waals surface area contributed by atoms with E-state index in [1.807, 2.05) is 60.5 Å². The molecule has 2 aromatic carbocycles. The minimum Gasteiger partial charge on any atom is -0.359 e. The second-order valence-electron chi connectivity index (χ2n) is 6.48. The zero-order chi connectivity index (χ0) is 19.3. The molecule has 0 fully saturated rings. The van der Waals surface area contributed by atoms with Crippen molar-refractivity contribution in [3.05, 3.63) is 73.1 Å². The number of nitrogens with one attached hydrogen (secondary N) is 1. The van der Waals surface area contributed by atoms with Crippen LogP contribution in [0.4, 0.5) is 11.5 Å². The van der Waals surface area contributed by atoms with Crippen molar-refractivity contribution in [3.63, 3.8) is 0 Å². The molecule has 1 amide bonds. The monoisotopic (exact) mass is 388 g/mol. The molecule has 4 rings (SSSR count). The average Bonchev–Trinajstić information content (AvgIpc) is 3.18. The number of rotatable bonds is 6. The first-order valence-electron chi connectivity index (χ1n) is 9.07. The minimum atomic E-state index is -0.0151. The summed E-state index contributed by atoms with van der Waals surface area (Å²) in [5.74, 6) is 0.828. The largest absolute Gasteiger partial charge is 0.359 e. The number of para-hydroxylation sites is 1. The normalized spacial score (nSPS) is 10.8. The van der Waals surface area contributed by atoms with E-state index in [1.54, 1.807) is 17.7 Å². The number of anilines is 2. The topological polar surface area (TPSA) is 58.1 Å². The standard InChI is InChI=1S/C22H20N4OS/c1-26(13-12-20(27)25-17-10-6-3-7-11-17)21-18-14-19(16-8-4-2-5-9-16)28-22(18)24-15-23-21/h2-11,14-15H,12-13H2,1H3,(H,25,27). The van der Waals surface area contributed by atoms with Gasteiger partial charge in [-0.3, -0.25) is 4.79 Å². The van der Waals surface area contributed by atoms with E-state index in [-0.39, 0.29) is 5.91 Å². The fourth-order valence-corrected chi connectivity index (χ4v) is 4.01. The highest BCUT2D eigenvalue weighted by Crippen LogP contribution is 2.35. The van der Waals surface area contributed by atoms with Crippen molar-refractivity contribution in [1.82, 2.24) is 9.97 Å². The summed E-state index contributed by atoms with van der Waals surface area (Å²) in [7, 11) is 1.96. The molecule has 0 saturated carbocycles. The first-order chi connectivity index (χ1) is 13.7. The highest BCUT2D eigenvalue weighted by atomic mass is 32.1. The highest BCUT2D eigenvalue weighted by Gasteiger charge is 2.14. The number of amides is 1. The lowest BCUT2D eigenvalue weighted by Crippen LogP contribution is -2.24. The van der Waals surface area contributed by atoms with Crippen molar-refractivity contribution in [2.24, 2.45) is 0 Å². The van der Waals surface area contributed by atoms with Gasteiger partial charge in [-0.05, 0) is 23.8 Å². The lowest BCUT2D eigenvalue weighted by Gasteiger charge is -2.18. The molecule has 0 spiro atoms. The molecule has 0 atom stereocenters. The Kier molecular flexibility index (Phi) is 5.30. The SMILES string of the molecule is CN(CCC(=O)Nc1ccccc1)c1ncnc2sc(-c3ccccc3)cc12. The van der Waals surface area contributed by atoms with E-state index >= 15 is 0 Å². The van der Waals surface area contributed by atoms with Crippen LogP contribution in [0.3, 0.4) is 0 Å². The Balaban J connectivity index is 1.49. The van der Waals surface area contributed by atoms with Crippen molar-refractivity contribution >= 4 is 39.0 Å². The number of fused-ring (bicyclic) bond motifs is 1. The maximum Gasteiger partial charge on any atom is 0.226 e. The zero-order valence-corrected chi connectivity index (χ0v) is 16.3. The predicted molar refractivity (Wildman–Crippen MR) is 116 cm³/mol. The van der Waals surface area contributed by atoms with Crippen LogP contribution >= 0.6 is 11.3 Å². The molecule has 2 aromatic heterocycles. The first kappa shape index (κ1) is 18.1. The number of nitrogens with zero attached hydrogens (tertiary/aromatic N) is 3. The Morgan fingerprint density at radius 1 is 1.04 bits per heavy atom. The van der Waals surface area contributed by atoms with Gasteiger partial charge in [-0.15, -0.1) is 11.3 Å². The lowest BCUT2D eigenvalue weighted by atomic mass is 10.2. The molecule has 0 radical (unpaired) electrons.